The van der Waals surface area contributed by atoms with Gasteiger partial charge in [0, 0.05) is 31.0 Å². The highest BCUT2D eigenvalue weighted by Crippen LogP contribution is 2.27. The summed E-state index contributed by atoms with van der Waals surface area (Å²) in [6.45, 7) is 5.13. The van der Waals surface area contributed by atoms with Crippen LogP contribution in [0, 0.1) is 0 Å². The third-order valence-corrected chi connectivity index (χ3v) is 4.17. The SMILES string of the molecule is CC(S)N1CCC(N2CCC2C(=O)O)CC1. The minimum absolute atomic E-state index is 0.218. The lowest BCUT2D eigenvalue weighted by Crippen LogP contribution is -2.59. The summed E-state index contributed by atoms with van der Waals surface area (Å²) >= 11 is 4.43. The molecule has 2 saturated heterocycles. The molecular formula is C11H20N2O2S. The fourth-order valence-corrected chi connectivity index (χ4v) is 2.93. The van der Waals surface area contributed by atoms with E-state index in [2.05, 4.69) is 29.4 Å². The van der Waals surface area contributed by atoms with Gasteiger partial charge in [-0.1, -0.05) is 0 Å². The Hall–Kier alpha value is -0.260. The molecule has 2 aliphatic rings. The first-order chi connectivity index (χ1) is 7.59. The van der Waals surface area contributed by atoms with Crippen molar-refractivity contribution in [2.24, 2.45) is 0 Å². The molecule has 2 aliphatic heterocycles. The van der Waals surface area contributed by atoms with E-state index in [1.807, 2.05) is 0 Å². The van der Waals surface area contributed by atoms with Crippen molar-refractivity contribution in [1.82, 2.24) is 9.80 Å². The van der Waals surface area contributed by atoms with Crippen molar-refractivity contribution < 1.29 is 9.90 Å². The first kappa shape index (κ1) is 12.2. The molecule has 2 rings (SSSR count). The van der Waals surface area contributed by atoms with Crippen LogP contribution in [0.4, 0.5) is 0 Å². The number of hydrogen-bond acceptors (Lipinski definition) is 4. The van der Waals surface area contributed by atoms with Crippen molar-refractivity contribution in [3.05, 3.63) is 0 Å². The number of hydrogen-bond donors (Lipinski definition) is 2. The lowest BCUT2D eigenvalue weighted by Gasteiger charge is -2.47. The molecule has 92 valence electrons. The highest BCUT2D eigenvalue weighted by Gasteiger charge is 2.39. The first-order valence-corrected chi connectivity index (χ1v) is 6.52. The summed E-state index contributed by atoms with van der Waals surface area (Å²) in [5.74, 6) is -0.656. The lowest BCUT2D eigenvalue weighted by atomic mass is 9.94. The number of carbonyl (C=O) groups is 1. The molecule has 0 amide bonds. The molecule has 0 aromatic carbocycles. The molecule has 1 N–H and O–H groups in total. The lowest BCUT2D eigenvalue weighted by molar-refractivity contribution is -0.151. The molecule has 0 spiro atoms. The Morgan fingerprint density at radius 1 is 1.31 bits per heavy atom. The smallest absolute Gasteiger partial charge is 0.320 e. The fraction of sp³-hybridized carbons (Fsp3) is 0.909. The van der Waals surface area contributed by atoms with Gasteiger partial charge in [-0.25, -0.2) is 0 Å². The number of rotatable bonds is 3. The van der Waals surface area contributed by atoms with E-state index in [4.69, 9.17) is 5.11 Å². The second kappa shape index (κ2) is 4.94. The predicted octanol–water partition coefficient (Wildman–Crippen LogP) is 0.885. The Labute approximate surface area is 102 Å². The number of aliphatic carboxylic acids is 1. The van der Waals surface area contributed by atoms with Gasteiger partial charge in [0.2, 0.25) is 0 Å². The molecule has 0 radical (unpaired) electrons. The molecule has 0 aromatic rings. The number of thiol groups is 1. The molecule has 0 aromatic heterocycles. The molecule has 0 saturated carbocycles. The van der Waals surface area contributed by atoms with Gasteiger partial charge in [-0.2, -0.15) is 12.6 Å². The maximum absolute atomic E-state index is 10.9. The maximum atomic E-state index is 10.9. The molecule has 2 atom stereocenters. The number of carboxylic acids is 1. The van der Waals surface area contributed by atoms with Gasteiger partial charge in [-0.3, -0.25) is 14.6 Å². The van der Waals surface area contributed by atoms with Crippen LogP contribution in [0.1, 0.15) is 26.2 Å². The van der Waals surface area contributed by atoms with Gasteiger partial charge in [0.05, 0.1) is 0 Å². The Bertz CT molecular complexity index is 265. The average molecular weight is 244 g/mol. The molecular weight excluding hydrogens is 224 g/mol. The van der Waals surface area contributed by atoms with Crippen LogP contribution in [0.2, 0.25) is 0 Å². The quantitative estimate of drug-likeness (QED) is 0.724. The highest BCUT2D eigenvalue weighted by atomic mass is 32.1. The first-order valence-electron chi connectivity index (χ1n) is 6.00. The van der Waals surface area contributed by atoms with E-state index >= 15 is 0 Å². The van der Waals surface area contributed by atoms with Crippen LogP contribution in [0.3, 0.4) is 0 Å². The van der Waals surface area contributed by atoms with Gasteiger partial charge in [0.25, 0.3) is 0 Å². The molecule has 5 heteroatoms. The third-order valence-electron chi connectivity index (χ3n) is 3.84. The van der Waals surface area contributed by atoms with Gasteiger partial charge >= 0.3 is 5.97 Å². The predicted molar refractivity (Wildman–Crippen MR) is 65.8 cm³/mol. The molecule has 4 nitrogen and oxygen atoms in total. The number of piperidine rings is 1. The zero-order valence-corrected chi connectivity index (χ0v) is 10.6. The zero-order valence-electron chi connectivity index (χ0n) is 9.67. The normalized spacial score (nSPS) is 31.0. The topological polar surface area (TPSA) is 43.8 Å². The van der Waals surface area contributed by atoms with Gasteiger partial charge in [-0.05, 0) is 26.2 Å². The van der Waals surface area contributed by atoms with E-state index in [0.717, 1.165) is 38.9 Å². The van der Waals surface area contributed by atoms with Gasteiger partial charge in [0.15, 0.2) is 0 Å². The van der Waals surface area contributed by atoms with E-state index in [9.17, 15) is 4.79 Å². The van der Waals surface area contributed by atoms with Gasteiger partial charge in [0.1, 0.15) is 6.04 Å². The van der Waals surface area contributed by atoms with E-state index in [-0.39, 0.29) is 6.04 Å². The molecule has 0 bridgehead atoms. The minimum Gasteiger partial charge on any atom is -0.480 e. The van der Waals surface area contributed by atoms with Crippen LogP contribution in [-0.4, -0.2) is 58.0 Å². The molecule has 2 fully saturated rings. The molecule has 2 unspecified atom stereocenters. The van der Waals surface area contributed by atoms with Crippen molar-refractivity contribution in [1.29, 1.82) is 0 Å². The van der Waals surface area contributed by atoms with Crippen molar-refractivity contribution in [2.75, 3.05) is 19.6 Å². The van der Waals surface area contributed by atoms with E-state index in [0.29, 0.717) is 11.4 Å². The van der Waals surface area contributed by atoms with Gasteiger partial charge < -0.3 is 5.11 Å². The summed E-state index contributed by atoms with van der Waals surface area (Å²) in [6, 6.07) is 0.253. The summed E-state index contributed by atoms with van der Waals surface area (Å²) in [6.07, 6.45) is 2.97. The number of nitrogens with zero attached hydrogens (tertiary/aromatic N) is 2. The second-order valence-corrected chi connectivity index (χ2v) is 5.53. The number of carboxylic acid groups (broad SMARTS) is 1. The van der Waals surface area contributed by atoms with E-state index in [1.165, 1.54) is 0 Å². The largest absolute Gasteiger partial charge is 0.480 e. The van der Waals surface area contributed by atoms with Crippen LogP contribution in [0.5, 0.6) is 0 Å². The molecule has 2 heterocycles. The second-order valence-electron chi connectivity index (χ2n) is 4.78. The Morgan fingerprint density at radius 2 is 1.94 bits per heavy atom. The minimum atomic E-state index is -0.656. The van der Waals surface area contributed by atoms with Crippen molar-refractivity contribution >= 4 is 18.6 Å². The van der Waals surface area contributed by atoms with E-state index < -0.39 is 5.97 Å². The van der Waals surface area contributed by atoms with Crippen LogP contribution in [0.15, 0.2) is 0 Å². The summed E-state index contributed by atoms with van der Waals surface area (Å²) in [5, 5.41) is 9.32. The van der Waals surface area contributed by atoms with Crippen molar-refractivity contribution in [3.63, 3.8) is 0 Å². The molecule has 0 aliphatic carbocycles. The summed E-state index contributed by atoms with van der Waals surface area (Å²) < 4.78 is 0. The van der Waals surface area contributed by atoms with Crippen molar-refractivity contribution in [2.45, 2.75) is 43.6 Å². The van der Waals surface area contributed by atoms with Crippen molar-refractivity contribution in [3.8, 4) is 0 Å². The highest BCUT2D eigenvalue weighted by molar-refractivity contribution is 7.80. The van der Waals surface area contributed by atoms with Crippen LogP contribution in [0.25, 0.3) is 0 Å². The Morgan fingerprint density at radius 3 is 2.31 bits per heavy atom. The summed E-state index contributed by atoms with van der Waals surface area (Å²) in [5.41, 5.74) is 0. The third kappa shape index (κ3) is 2.36. The zero-order chi connectivity index (χ0) is 11.7. The summed E-state index contributed by atoms with van der Waals surface area (Å²) in [4.78, 5) is 15.4. The van der Waals surface area contributed by atoms with Crippen LogP contribution < -0.4 is 0 Å². The van der Waals surface area contributed by atoms with Crippen LogP contribution >= 0.6 is 12.6 Å². The van der Waals surface area contributed by atoms with Gasteiger partial charge in [-0.15, -0.1) is 0 Å². The maximum Gasteiger partial charge on any atom is 0.320 e. The van der Waals surface area contributed by atoms with E-state index in [1.54, 1.807) is 0 Å². The fourth-order valence-electron chi connectivity index (χ4n) is 2.70. The van der Waals surface area contributed by atoms with Crippen LogP contribution in [-0.2, 0) is 4.79 Å². The average Bonchev–Trinajstić information content (AvgIpc) is 2.15. The summed E-state index contributed by atoms with van der Waals surface area (Å²) in [7, 11) is 0. The Kier molecular flexibility index (Phi) is 3.77. The Balaban J connectivity index is 1.83. The monoisotopic (exact) mass is 244 g/mol. The number of likely N-dealkylation sites (tertiary alicyclic amines) is 2. The standard InChI is InChI=1S/C11H20N2O2S/c1-8(16)12-5-2-9(3-6-12)13-7-4-10(13)11(14)15/h8-10,16H,2-7H2,1H3,(H,14,15). The molecule has 16 heavy (non-hydrogen) atoms.